The predicted molar refractivity (Wildman–Crippen MR) is 82.2 cm³/mol. The van der Waals surface area contributed by atoms with Crippen molar-refractivity contribution in [2.45, 2.75) is 44.6 Å². The van der Waals surface area contributed by atoms with Crippen LogP contribution in [-0.2, 0) is 4.79 Å². The summed E-state index contributed by atoms with van der Waals surface area (Å²) in [5, 5.41) is 2.97. The smallest absolute Gasteiger partial charge is 0.224 e. The van der Waals surface area contributed by atoms with Crippen molar-refractivity contribution in [1.29, 1.82) is 0 Å². The molecule has 1 aliphatic rings. The zero-order chi connectivity index (χ0) is 14.2. The Labute approximate surface area is 121 Å². The molecule has 3 nitrogen and oxygen atoms in total. The number of rotatable bonds is 6. The van der Waals surface area contributed by atoms with Gasteiger partial charge in [0.2, 0.25) is 5.91 Å². The molecule has 0 fully saturated rings. The lowest BCUT2D eigenvalue weighted by Crippen LogP contribution is -2.27. The zero-order valence-electron chi connectivity index (χ0n) is 12.0. The van der Waals surface area contributed by atoms with Gasteiger partial charge in [0, 0.05) is 19.0 Å². The third kappa shape index (κ3) is 4.82. The van der Waals surface area contributed by atoms with Crippen LogP contribution in [-0.4, -0.2) is 12.5 Å². The molecule has 1 aromatic carbocycles. The summed E-state index contributed by atoms with van der Waals surface area (Å²) >= 11 is 0. The minimum atomic E-state index is -0.00889. The third-order valence-electron chi connectivity index (χ3n) is 3.78. The maximum atomic E-state index is 11.8. The Morgan fingerprint density at radius 3 is 2.75 bits per heavy atom. The van der Waals surface area contributed by atoms with Gasteiger partial charge in [-0.25, -0.2) is 0 Å². The number of carbonyl (C=O) groups is 1. The maximum absolute atomic E-state index is 11.8. The molecular formula is C17H24N2O. The van der Waals surface area contributed by atoms with Crippen LogP contribution in [0.15, 0.2) is 42.0 Å². The Bertz CT molecular complexity index is 453. The van der Waals surface area contributed by atoms with Gasteiger partial charge in [-0.05, 0) is 37.7 Å². The lowest BCUT2D eigenvalue weighted by atomic mass is 9.97. The Kier molecular flexibility index (Phi) is 5.81. The van der Waals surface area contributed by atoms with Crippen molar-refractivity contribution in [3.8, 4) is 0 Å². The first-order chi connectivity index (χ1) is 9.75. The summed E-state index contributed by atoms with van der Waals surface area (Å²) in [6, 6.07) is 10.0. The minimum Gasteiger partial charge on any atom is -0.356 e. The fraction of sp³-hybridized carbons (Fsp3) is 0.471. The topological polar surface area (TPSA) is 55.1 Å². The van der Waals surface area contributed by atoms with Crippen molar-refractivity contribution in [3.05, 3.63) is 47.5 Å². The van der Waals surface area contributed by atoms with Gasteiger partial charge in [-0.1, -0.05) is 42.0 Å². The van der Waals surface area contributed by atoms with Gasteiger partial charge >= 0.3 is 0 Å². The van der Waals surface area contributed by atoms with Crippen LogP contribution in [0.2, 0.25) is 0 Å². The van der Waals surface area contributed by atoms with E-state index in [2.05, 4.69) is 11.4 Å². The number of allylic oxidation sites excluding steroid dienone is 1. The van der Waals surface area contributed by atoms with Gasteiger partial charge in [-0.15, -0.1) is 0 Å². The number of hydrogen-bond donors (Lipinski definition) is 2. The largest absolute Gasteiger partial charge is 0.356 e. The standard InChI is InChI=1S/C17H24N2O/c18-16(15-9-5-2-6-10-15)11-12-19-17(20)13-14-7-3-1-4-8-14/h2,5-7,9-10,16H,1,3-4,8,11-13,18H2,(H,19,20). The van der Waals surface area contributed by atoms with Crippen molar-refractivity contribution in [1.82, 2.24) is 5.32 Å². The molecule has 0 bridgehead atoms. The molecular weight excluding hydrogens is 248 g/mol. The summed E-state index contributed by atoms with van der Waals surface area (Å²) in [6.07, 6.45) is 8.24. The van der Waals surface area contributed by atoms with Crippen molar-refractivity contribution in [2.75, 3.05) is 6.54 Å². The third-order valence-corrected chi connectivity index (χ3v) is 3.78. The SMILES string of the molecule is NC(CCNC(=O)CC1=CCCCC1)c1ccccc1. The molecule has 3 heteroatoms. The Morgan fingerprint density at radius 1 is 1.25 bits per heavy atom. The molecule has 1 aliphatic carbocycles. The van der Waals surface area contributed by atoms with Crippen LogP contribution in [0, 0.1) is 0 Å². The van der Waals surface area contributed by atoms with Crippen LogP contribution in [0.1, 0.15) is 50.1 Å². The molecule has 2 rings (SSSR count). The lowest BCUT2D eigenvalue weighted by molar-refractivity contribution is -0.120. The van der Waals surface area contributed by atoms with Crippen LogP contribution < -0.4 is 11.1 Å². The van der Waals surface area contributed by atoms with E-state index in [0.29, 0.717) is 13.0 Å². The molecule has 1 aromatic rings. The highest BCUT2D eigenvalue weighted by molar-refractivity contribution is 5.78. The van der Waals surface area contributed by atoms with Crippen LogP contribution in [0.5, 0.6) is 0 Å². The highest BCUT2D eigenvalue weighted by atomic mass is 16.1. The van der Waals surface area contributed by atoms with E-state index in [9.17, 15) is 4.79 Å². The fourth-order valence-electron chi connectivity index (χ4n) is 2.57. The van der Waals surface area contributed by atoms with E-state index in [-0.39, 0.29) is 11.9 Å². The van der Waals surface area contributed by atoms with Gasteiger partial charge in [0.1, 0.15) is 0 Å². The predicted octanol–water partition coefficient (Wildman–Crippen LogP) is 3.08. The van der Waals surface area contributed by atoms with Crippen molar-refractivity contribution >= 4 is 5.91 Å². The van der Waals surface area contributed by atoms with Crippen LogP contribution in [0.4, 0.5) is 0 Å². The fourth-order valence-corrected chi connectivity index (χ4v) is 2.57. The summed E-state index contributed by atoms with van der Waals surface area (Å²) in [4.78, 5) is 11.8. The molecule has 0 saturated carbocycles. The number of hydrogen-bond acceptors (Lipinski definition) is 2. The monoisotopic (exact) mass is 272 g/mol. The molecule has 1 atom stereocenters. The molecule has 0 aliphatic heterocycles. The number of benzene rings is 1. The average Bonchev–Trinajstić information content (AvgIpc) is 2.49. The second-order valence-electron chi connectivity index (χ2n) is 5.44. The molecule has 108 valence electrons. The molecule has 20 heavy (non-hydrogen) atoms. The quantitative estimate of drug-likeness (QED) is 0.782. The average molecular weight is 272 g/mol. The molecule has 0 heterocycles. The van der Waals surface area contributed by atoms with Crippen LogP contribution in [0.3, 0.4) is 0 Å². The lowest BCUT2D eigenvalue weighted by Gasteiger charge is -2.14. The second kappa shape index (κ2) is 7.85. The summed E-state index contributed by atoms with van der Waals surface area (Å²) in [6.45, 7) is 0.641. The highest BCUT2D eigenvalue weighted by Crippen LogP contribution is 2.19. The van der Waals surface area contributed by atoms with E-state index in [1.54, 1.807) is 0 Å². The number of amides is 1. The summed E-state index contributed by atoms with van der Waals surface area (Å²) in [5.74, 6) is 0.124. The van der Waals surface area contributed by atoms with Gasteiger partial charge < -0.3 is 11.1 Å². The molecule has 1 amide bonds. The van der Waals surface area contributed by atoms with E-state index < -0.39 is 0 Å². The number of carbonyl (C=O) groups excluding carboxylic acids is 1. The minimum absolute atomic E-state index is 0.00889. The van der Waals surface area contributed by atoms with Crippen molar-refractivity contribution < 1.29 is 4.79 Å². The van der Waals surface area contributed by atoms with Crippen LogP contribution in [0.25, 0.3) is 0 Å². The van der Waals surface area contributed by atoms with Crippen LogP contribution >= 0.6 is 0 Å². The molecule has 0 saturated heterocycles. The van der Waals surface area contributed by atoms with E-state index in [0.717, 1.165) is 24.8 Å². The van der Waals surface area contributed by atoms with Crippen molar-refractivity contribution in [2.24, 2.45) is 5.73 Å². The van der Waals surface area contributed by atoms with E-state index in [4.69, 9.17) is 5.73 Å². The van der Waals surface area contributed by atoms with Gasteiger partial charge in [0.05, 0.1) is 0 Å². The Morgan fingerprint density at radius 2 is 2.05 bits per heavy atom. The van der Waals surface area contributed by atoms with Gasteiger partial charge in [0.15, 0.2) is 0 Å². The first-order valence-corrected chi connectivity index (χ1v) is 7.51. The maximum Gasteiger partial charge on any atom is 0.224 e. The van der Waals surface area contributed by atoms with E-state index in [1.807, 2.05) is 30.3 Å². The normalized spacial score (nSPS) is 16.4. The van der Waals surface area contributed by atoms with Gasteiger partial charge in [0.25, 0.3) is 0 Å². The van der Waals surface area contributed by atoms with E-state index >= 15 is 0 Å². The first-order valence-electron chi connectivity index (χ1n) is 7.51. The van der Waals surface area contributed by atoms with Gasteiger partial charge in [-0.2, -0.15) is 0 Å². The molecule has 3 N–H and O–H groups in total. The molecule has 1 unspecified atom stereocenters. The molecule has 0 spiro atoms. The van der Waals surface area contributed by atoms with Gasteiger partial charge in [-0.3, -0.25) is 4.79 Å². The second-order valence-corrected chi connectivity index (χ2v) is 5.44. The summed E-state index contributed by atoms with van der Waals surface area (Å²) in [7, 11) is 0. The molecule has 0 radical (unpaired) electrons. The zero-order valence-corrected chi connectivity index (χ0v) is 12.0. The Balaban J connectivity index is 1.67. The Hall–Kier alpha value is -1.61. The first kappa shape index (κ1) is 14.8. The highest BCUT2D eigenvalue weighted by Gasteiger charge is 2.10. The summed E-state index contributed by atoms with van der Waals surface area (Å²) < 4.78 is 0. The molecule has 0 aromatic heterocycles. The summed E-state index contributed by atoms with van der Waals surface area (Å²) in [5.41, 5.74) is 8.52. The number of nitrogens with one attached hydrogen (secondary N) is 1. The van der Waals surface area contributed by atoms with Crippen molar-refractivity contribution in [3.63, 3.8) is 0 Å². The number of nitrogens with two attached hydrogens (primary N) is 1. The van der Waals surface area contributed by atoms with E-state index in [1.165, 1.54) is 18.4 Å².